The Morgan fingerprint density at radius 2 is 1.00 bits per heavy atom. The number of carbonyl (C=O) groups is 6. The van der Waals surface area contributed by atoms with Crippen LogP contribution >= 0.6 is 79.8 Å². The Hall–Kier alpha value is -3.16. The van der Waals surface area contributed by atoms with Crippen molar-refractivity contribution in [3.63, 3.8) is 0 Å². The van der Waals surface area contributed by atoms with Crippen LogP contribution < -0.4 is 21.7 Å². The molecule has 2 saturated heterocycles. The van der Waals surface area contributed by atoms with Gasteiger partial charge in [-0.3, -0.25) is 60.3 Å². The normalized spacial score (nSPS) is 16.1. The van der Waals surface area contributed by atoms with Gasteiger partial charge in [0.1, 0.15) is 8.64 Å². The van der Waals surface area contributed by atoms with E-state index in [9.17, 15) is 28.8 Å². The minimum atomic E-state index is -0.487. The second kappa shape index (κ2) is 16.6. The molecule has 0 unspecified atom stereocenters. The van der Waals surface area contributed by atoms with Gasteiger partial charge in [0.15, 0.2) is 0 Å². The number of nitrogens with one attached hydrogen (secondary N) is 4. The number of benzene rings is 2. The van der Waals surface area contributed by atoms with E-state index in [1.807, 2.05) is 0 Å². The average molecular weight is 829 g/mol. The van der Waals surface area contributed by atoms with Gasteiger partial charge in [-0.05, 0) is 69.0 Å². The summed E-state index contributed by atoms with van der Waals surface area (Å²) in [4.78, 5) is 78.3. The van der Waals surface area contributed by atoms with E-state index in [1.165, 1.54) is 9.80 Å². The van der Waals surface area contributed by atoms with Crippen LogP contribution in [-0.2, 0) is 19.2 Å². The summed E-state index contributed by atoms with van der Waals surface area (Å²) < 4.78 is 1.65. The smallest absolute Gasteiger partial charge is 0.270 e. The molecule has 0 spiro atoms. The first-order chi connectivity index (χ1) is 22.0. The number of hydrazine groups is 2. The van der Waals surface area contributed by atoms with Gasteiger partial charge in [0.2, 0.25) is 11.8 Å². The molecule has 12 nitrogen and oxygen atoms in total. The van der Waals surface area contributed by atoms with Crippen LogP contribution in [0.5, 0.6) is 0 Å². The van der Waals surface area contributed by atoms with Gasteiger partial charge < -0.3 is 0 Å². The van der Waals surface area contributed by atoms with E-state index >= 15 is 0 Å². The van der Waals surface area contributed by atoms with Crippen LogP contribution in [0, 0.1) is 0 Å². The number of carbonyl (C=O) groups excluding carboxylic acids is 6. The summed E-state index contributed by atoms with van der Waals surface area (Å²) in [5.41, 5.74) is 10.1. The summed E-state index contributed by atoms with van der Waals surface area (Å²) >= 11 is 19.3. The zero-order chi connectivity index (χ0) is 33.4. The Labute approximate surface area is 299 Å². The van der Waals surface area contributed by atoms with Crippen molar-refractivity contribution in [3.05, 3.63) is 78.4 Å². The molecule has 4 N–H and O–H groups in total. The zero-order valence-corrected chi connectivity index (χ0v) is 30.0. The fourth-order valence-electron chi connectivity index (χ4n) is 4.05. The number of thiocarbonyl (C=S) groups is 2. The Morgan fingerprint density at radius 3 is 1.37 bits per heavy atom. The van der Waals surface area contributed by atoms with Crippen molar-refractivity contribution >= 4 is 124 Å². The van der Waals surface area contributed by atoms with Crippen molar-refractivity contribution in [3.8, 4) is 0 Å². The van der Waals surface area contributed by atoms with E-state index in [0.29, 0.717) is 20.1 Å². The molecule has 18 heteroatoms. The molecule has 0 saturated carbocycles. The molecule has 2 aliphatic heterocycles. The maximum Gasteiger partial charge on any atom is 0.270 e. The lowest BCUT2D eigenvalue weighted by Gasteiger charge is -2.15. The Morgan fingerprint density at radius 1 is 0.630 bits per heavy atom. The molecule has 2 aliphatic rings. The molecule has 0 aliphatic carbocycles. The molecule has 4 rings (SSSR count). The summed E-state index contributed by atoms with van der Waals surface area (Å²) in [5.74, 6) is -2.80. The fourth-order valence-corrected chi connectivity index (χ4v) is 7.76. The van der Waals surface area contributed by atoms with E-state index in [1.54, 1.807) is 48.5 Å². The topological polar surface area (TPSA) is 157 Å². The maximum atomic E-state index is 13.2. The second-order valence-electron chi connectivity index (χ2n) is 9.48. The lowest BCUT2D eigenvalue weighted by Crippen LogP contribution is -2.42. The van der Waals surface area contributed by atoms with E-state index in [2.05, 4.69) is 53.6 Å². The van der Waals surface area contributed by atoms with E-state index in [0.717, 1.165) is 23.5 Å². The molecular formula is C28H24Br2N6O6S4. The molecule has 2 heterocycles. The largest absolute Gasteiger partial charge is 0.293 e. The number of nitrogens with zero attached hydrogens (tertiary/aromatic N) is 2. The molecule has 2 aromatic rings. The van der Waals surface area contributed by atoms with Gasteiger partial charge in [-0.2, -0.15) is 0 Å². The van der Waals surface area contributed by atoms with Crippen molar-refractivity contribution in [2.24, 2.45) is 0 Å². The first kappa shape index (κ1) is 35.7. The molecule has 46 heavy (non-hydrogen) atoms. The highest BCUT2D eigenvalue weighted by atomic mass is 79.9. The van der Waals surface area contributed by atoms with Crippen LogP contribution in [0.25, 0.3) is 0 Å². The predicted octanol–water partition coefficient (Wildman–Crippen LogP) is 3.93. The standard InChI is InChI=1S/C28H24Br2N6O6S4/c29-17-9-3-1-7-15(17)23(39)33-31-19(37)11-5-13-35-25(41)21(45-27(35)43)22-26(42)36(28(44)46-22)14-6-12-20(38)32-34-24(40)16-8-2-4-10-18(16)30/h1-4,7-10H,5-6,11-14H2,(H,31,37)(H,32,38)(H,33,39)(H,34,40)/b22-21+. The first-order valence-corrected chi connectivity index (χ1v) is 17.5. The number of rotatable bonds is 10. The summed E-state index contributed by atoms with van der Waals surface area (Å²) in [6.07, 6.45) is 0.517. The van der Waals surface area contributed by atoms with Crippen molar-refractivity contribution in [1.82, 2.24) is 31.5 Å². The SMILES string of the molecule is O=C(CCCN1C(=O)/C(=C2\SC(=S)N(CCCC(=O)NNC(=O)c3ccccc3Br)C2=O)SC1=S)NNC(=O)c1ccccc1Br. The minimum absolute atomic E-state index is 0.00576. The number of thioether (sulfide) groups is 2. The molecule has 6 amide bonds. The molecule has 240 valence electrons. The summed E-state index contributed by atoms with van der Waals surface area (Å²) in [7, 11) is 0. The van der Waals surface area contributed by atoms with Gasteiger partial charge in [0.25, 0.3) is 23.6 Å². The number of amides is 6. The highest BCUT2D eigenvalue weighted by molar-refractivity contribution is 9.10. The molecule has 0 bridgehead atoms. The first-order valence-electron chi connectivity index (χ1n) is 13.5. The molecular weight excluding hydrogens is 804 g/mol. The van der Waals surface area contributed by atoms with Crippen LogP contribution in [0.2, 0.25) is 0 Å². The van der Waals surface area contributed by atoms with E-state index in [4.69, 9.17) is 24.4 Å². The Bertz CT molecular complexity index is 1550. The third-order valence-electron chi connectivity index (χ3n) is 6.34. The third kappa shape index (κ3) is 9.01. The van der Waals surface area contributed by atoms with E-state index < -0.39 is 35.4 Å². The lowest BCUT2D eigenvalue weighted by atomic mass is 10.2. The lowest BCUT2D eigenvalue weighted by molar-refractivity contribution is -0.125. The van der Waals surface area contributed by atoms with Gasteiger partial charge in [-0.1, -0.05) is 72.2 Å². The Kier molecular flexibility index (Phi) is 12.9. The van der Waals surface area contributed by atoms with Gasteiger partial charge in [-0.15, -0.1) is 0 Å². The van der Waals surface area contributed by atoms with Crippen LogP contribution in [0.15, 0.2) is 67.3 Å². The maximum absolute atomic E-state index is 13.2. The highest BCUT2D eigenvalue weighted by Crippen LogP contribution is 2.42. The Balaban J connectivity index is 1.22. The molecule has 2 fully saturated rings. The van der Waals surface area contributed by atoms with Crippen LogP contribution in [0.4, 0.5) is 0 Å². The molecule has 0 radical (unpaired) electrons. The van der Waals surface area contributed by atoms with Crippen LogP contribution in [0.1, 0.15) is 46.4 Å². The van der Waals surface area contributed by atoms with Crippen molar-refractivity contribution < 1.29 is 28.8 Å². The van der Waals surface area contributed by atoms with Crippen molar-refractivity contribution in [1.29, 1.82) is 0 Å². The van der Waals surface area contributed by atoms with Gasteiger partial charge >= 0.3 is 0 Å². The second-order valence-corrected chi connectivity index (χ2v) is 14.5. The number of halogens is 2. The monoisotopic (exact) mass is 826 g/mol. The van der Waals surface area contributed by atoms with Crippen LogP contribution in [-0.4, -0.2) is 67.0 Å². The summed E-state index contributed by atoms with van der Waals surface area (Å²) in [5, 5.41) is 0. The quantitative estimate of drug-likeness (QED) is 0.157. The third-order valence-corrected chi connectivity index (χ3v) is 10.8. The molecule has 0 aromatic heterocycles. The number of hydrogen-bond acceptors (Lipinski definition) is 10. The average Bonchev–Trinajstić information content (AvgIpc) is 3.47. The summed E-state index contributed by atoms with van der Waals surface area (Å²) in [6.45, 7) is 0.264. The molecule has 0 atom stereocenters. The van der Waals surface area contributed by atoms with Crippen molar-refractivity contribution in [2.45, 2.75) is 25.7 Å². The minimum Gasteiger partial charge on any atom is -0.293 e. The number of hydrogen-bond donors (Lipinski definition) is 4. The summed E-state index contributed by atoms with van der Waals surface area (Å²) in [6, 6.07) is 13.5. The van der Waals surface area contributed by atoms with Crippen molar-refractivity contribution in [2.75, 3.05) is 13.1 Å². The molecule has 2 aromatic carbocycles. The predicted molar refractivity (Wildman–Crippen MR) is 189 cm³/mol. The van der Waals surface area contributed by atoms with Gasteiger partial charge in [-0.25, -0.2) is 0 Å². The van der Waals surface area contributed by atoms with E-state index in [-0.39, 0.29) is 57.2 Å². The fraction of sp³-hybridized carbons (Fsp3) is 0.214. The van der Waals surface area contributed by atoms with Gasteiger partial charge in [0, 0.05) is 34.9 Å². The van der Waals surface area contributed by atoms with Gasteiger partial charge in [0.05, 0.1) is 20.9 Å². The highest BCUT2D eigenvalue weighted by Gasteiger charge is 2.41. The van der Waals surface area contributed by atoms with Crippen LogP contribution in [0.3, 0.4) is 0 Å². The zero-order valence-electron chi connectivity index (χ0n) is 23.6.